The summed E-state index contributed by atoms with van der Waals surface area (Å²) in [5, 5.41) is 3.45. The topological polar surface area (TPSA) is 12.0 Å². The molecule has 0 saturated carbocycles. The second-order valence-corrected chi connectivity index (χ2v) is 6.46. The van der Waals surface area contributed by atoms with Gasteiger partial charge in [-0.1, -0.05) is 48.1 Å². The Bertz CT molecular complexity index is 186. The first-order valence-electron chi connectivity index (χ1n) is 6.12. The Morgan fingerprint density at radius 2 is 1.73 bits per heavy atom. The molecule has 1 N–H and O–H groups in total. The predicted molar refractivity (Wildman–Crippen MR) is 69.8 cm³/mol. The highest BCUT2D eigenvalue weighted by Crippen LogP contribution is 2.22. The minimum absolute atomic E-state index is 0.339. The Morgan fingerprint density at radius 3 is 2.13 bits per heavy atom. The van der Waals surface area contributed by atoms with Crippen molar-refractivity contribution in [3.8, 4) is 0 Å². The van der Waals surface area contributed by atoms with Crippen LogP contribution in [0.2, 0.25) is 0 Å². The van der Waals surface area contributed by atoms with Crippen molar-refractivity contribution < 1.29 is 0 Å². The van der Waals surface area contributed by atoms with Gasteiger partial charge >= 0.3 is 0 Å². The van der Waals surface area contributed by atoms with Gasteiger partial charge in [-0.25, -0.2) is 0 Å². The van der Waals surface area contributed by atoms with Crippen LogP contribution in [0.1, 0.15) is 54.4 Å². The molecule has 0 radical (unpaired) electrons. The lowest BCUT2D eigenvalue weighted by Crippen LogP contribution is -2.23. The van der Waals surface area contributed by atoms with Gasteiger partial charge in [0.15, 0.2) is 0 Å². The summed E-state index contributed by atoms with van der Waals surface area (Å²) in [7, 11) is 0. The van der Waals surface area contributed by atoms with Crippen LogP contribution in [0.5, 0.6) is 0 Å². The van der Waals surface area contributed by atoms with Gasteiger partial charge in [0, 0.05) is 12.2 Å². The first kappa shape index (κ1) is 14.5. The van der Waals surface area contributed by atoms with E-state index in [-0.39, 0.29) is 0 Å². The van der Waals surface area contributed by atoms with Crippen LogP contribution in [0.4, 0.5) is 0 Å². The van der Waals surface area contributed by atoms with E-state index in [4.69, 9.17) is 0 Å². The van der Waals surface area contributed by atoms with Crippen molar-refractivity contribution in [1.82, 2.24) is 5.32 Å². The van der Waals surface area contributed by atoms with Crippen LogP contribution in [0.15, 0.2) is 12.3 Å². The Morgan fingerprint density at radius 1 is 1.20 bits per heavy atom. The van der Waals surface area contributed by atoms with Gasteiger partial charge in [0.2, 0.25) is 0 Å². The fourth-order valence-electron chi connectivity index (χ4n) is 1.91. The molecule has 0 heterocycles. The lowest BCUT2D eigenvalue weighted by Gasteiger charge is -2.22. The first-order valence-corrected chi connectivity index (χ1v) is 6.12. The fraction of sp³-hybridized carbons (Fsp3) is 0.857. The van der Waals surface area contributed by atoms with Gasteiger partial charge < -0.3 is 5.32 Å². The summed E-state index contributed by atoms with van der Waals surface area (Å²) >= 11 is 0. The maximum absolute atomic E-state index is 4.08. The molecule has 0 fully saturated rings. The van der Waals surface area contributed by atoms with E-state index in [1.54, 1.807) is 0 Å². The summed E-state index contributed by atoms with van der Waals surface area (Å²) in [6.45, 7) is 18.7. The van der Waals surface area contributed by atoms with Gasteiger partial charge in [-0.2, -0.15) is 0 Å². The molecule has 0 rings (SSSR count). The molecule has 90 valence electrons. The molecule has 0 amide bonds. The zero-order valence-electron chi connectivity index (χ0n) is 11.5. The SMILES string of the molecule is C=C(CC(C)(C)C)NCC(C)CC(C)C. The molecule has 0 aliphatic carbocycles. The van der Waals surface area contributed by atoms with E-state index in [0.29, 0.717) is 5.41 Å². The highest BCUT2D eigenvalue weighted by Gasteiger charge is 2.12. The summed E-state index contributed by atoms with van der Waals surface area (Å²) in [5.74, 6) is 1.53. The largest absolute Gasteiger partial charge is 0.389 e. The van der Waals surface area contributed by atoms with Crippen molar-refractivity contribution in [2.24, 2.45) is 17.3 Å². The number of hydrogen-bond donors (Lipinski definition) is 1. The first-order chi connectivity index (χ1) is 6.70. The van der Waals surface area contributed by atoms with Crippen LogP contribution >= 0.6 is 0 Å². The van der Waals surface area contributed by atoms with Crippen molar-refractivity contribution in [2.45, 2.75) is 54.4 Å². The summed E-state index contributed by atoms with van der Waals surface area (Å²) in [4.78, 5) is 0. The van der Waals surface area contributed by atoms with Gasteiger partial charge in [0.1, 0.15) is 0 Å². The molecule has 0 spiro atoms. The van der Waals surface area contributed by atoms with Crippen LogP contribution in [0.25, 0.3) is 0 Å². The predicted octanol–water partition coefficient (Wildman–Crippen LogP) is 4.21. The van der Waals surface area contributed by atoms with Crippen molar-refractivity contribution in [3.05, 3.63) is 12.3 Å². The van der Waals surface area contributed by atoms with Gasteiger partial charge in [-0.05, 0) is 30.1 Å². The highest BCUT2D eigenvalue weighted by atomic mass is 14.9. The van der Waals surface area contributed by atoms with E-state index in [1.165, 1.54) is 12.1 Å². The average molecular weight is 211 g/mol. The maximum atomic E-state index is 4.08. The maximum Gasteiger partial charge on any atom is 0.0169 e. The third-order valence-electron chi connectivity index (χ3n) is 2.32. The van der Waals surface area contributed by atoms with Gasteiger partial charge in [0.05, 0.1) is 0 Å². The number of hydrogen-bond acceptors (Lipinski definition) is 1. The van der Waals surface area contributed by atoms with E-state index >= 15 is 0 Å². The molecular formula is C14H29N. The van der Waals surface area contributed by atoms with Gasteiger partial charge in [-0.3, -0.25) is 0 Å². The molecular weight excluding hydrogens is 182 g/mol. The number of nitrogens with one attached hydrogen (secondary N) is 1. The molecule has 0 aliphatic rings. The highest BCUT2D eigenvalue weighted by molar-refractivity contribution is 4.95. The fourth-order valence-corrected chi connectivity index (χ4v) is 1.91. The number of rotatable bonds is 6. The van der Waals surface area contributed by atoms with Gasteiger partial charge in [-0.15, -0.1) is 0 Å². The summed E-state index contributed by atoms with van der Waals surface area (Å²) < 4.78 is 0. The molecule has 15 heavy (non-hydrogen) atoms. The molecule has 0 aliphatic heterocycles. The van der Waals surface area contributed by atoms with Gasteiger partial charge in [0.25, 0.3) is 0 Å². The monoisotopic (exact) mass is 211 g/mol. The van der Waals surface area contributed by atoms with Crippen molar-refractivity contribution in [3.63, 3.8) is 0 Å². The Labute approximate surface area is 96.3 Å². The van der Waals surface area contributed by atoms with E-state index in [1.807, 2.05) is 0 Å². The minimum Gasteiger partial charge on any atom is -0.389 e. The lowest BCUT2D eigenvalue weighted by atomic mass is 9.90. The quantitative estimate of drug-likeness (QED) is 0.694. The molecule has 0 saturated heterocycles. The van der Waals surface area contributed by atoms with Crippen LogP contribution in [0.3, 0.4) is 0 Å². The zero-order chi connectivity index (χ0) is 12.1. The lowest BCUT2D eigenvalue weighted by molar-refractivity contribution is 0.382. The van der Waals surface area contributed by atoms with E-state index in [2.05, 4.69) is 53.4 Å². The van der Waals surface area contributed by atoms with E-state index in [0.717, 1.165) is 24.8 Å². The Balaban J connectivity index is 3.72. The van der Waals surface area contributed by atoms with E-state index < -0.39 is 0 Å². The molecule has 1 unspecified atom stereocenters. The molecule has 0 aromatic heterocycles. The van der Waals surface area contributed by atoms with Crippen LogP contribution in [-0.2, 0) is 0 Å². The standard InChI is InChI=1S/C14H29N/c1-11(2)8-12(3)10-15-13(4)9-14(5,6)7/h11-12,15H,4,8-10H2,1-3,5-7H3. The van der Waals surface area contributed by atoms with Crippen molar-refractivity contribution in [2.75, 3.05) is 6.54 Å². The molecule has 1 heteroatoms. The third-order valence-corrected chi connectivity index (χ3v) is 2.32. The van der Waals surface area contributed by atoms with E-state index in [9.17, 15) is 0 Å². The smallest absolute Gasteiger partial charge is 0.0169 e. The van der Waals surface area contributed by atoms with Crippen LogP contribution in [0, 0.1) is 17.3 Å². The molecule has 1 atom stereocenters. The average Bonchev–Trinajstić information content (AvgIpc) is 1.96. The molecule has 1 nitrogen and oxygen atoms in total. The summed E-state index contributed by atoms with van der Waals surface area (Å²) in [5.41, 5.74) is 1.52. The molecule has 0 aromatic rings. The van der Waals surface area contributed by atoms with Crippen LogP contribution in [-0.4, -0.2) is 6.54 Å². The Hall–Kier alpha value is -0.460. The van der Waals surface area contributed by atoms with Crippen molar-refractivity contribution >= 4 is 0 Å². The normalized spacial score (nSPS) is 14.1. The molecule has 0 bridgehead atoms. The summed E-state index contributed by atoms with van der Waals surface area (Å²) in [6, 6.07) is 0. The number of allylic oxidation sites excluding steroid dienone is 1. The Kier molecular flexibility index (Phi) is 6.00. The second-order valence-electron chi connectivity index (χ2n) is 6.46. The third kappa shape index (κ3) is 9.84. The van der Waals surface area contributed by atoms with Crippen LogP contribution < -0.4 is 5.32 Å². The second kappa shape index (κ2) is 6.19. The zero-order valence-corrected chi connectivity index (χ0v) is 11.5. The minimum atomic E-state index is 0.339. The summed E-state index contributed by atoms with van der Waals surface area (Å²) in [6.07, 6.45) is 2.34. The van der Waals surface area contributed by atoms with Crippen molar-refractivity contribution in [1.29, 1.82) is 0 Å². The molecule has 0 aromatic carbocycles.